The van der Waals surface area contributed by atoms with Gasteiger partial charge in [-0.3, -0.25) is 9.59 Å². The number of hydrogen-bond donors (Lipinski definition) is 3. The number of aromatic nitrogens is 2. The van der Waals surface area contributed by atoms with Gasteiger partial charge in [-0.1, -0.05) is 18.2 Å². The third-order valence-electron chi connectivity index (χ3n) is 3.86. The van der Waals surface area contributed by atoms with E-state index < -0.39 is 41.6 Å². The van der Waals surface area contributed by atoms with Gasteiger partial charge in [-0.05, 0) is 6.07 Å². The predicted molar refractivity (Wildman–Crippen MR) is 90.8 cm³/mol. The van der Waals surface area contributed by atoms with Gasteiger partial charge in [-0.25, -0.2) is 14.2 Å². The molecule has 0 bridgehead atoms. The molecule has 2 heterocycles. The van der Waals surface area contributed by atoms with Gasteiger partial charge in [0.25, 0.3) is 5.91 Å². The summed E-state index contributed by atoms with van der Waals surface area (Å²) >= 11 is 1.17. The van der Waals surface area contributed by atoms with Crippen molar-refractivity contribution in [2.45, 2.75) is 11.4 Å². The monoisotopic (exact) mass is 378 g/mol. The minimum Gasteiger partial charge on any atom is -0.480 e. The maximum Gasteiger partial charge on any atom is 0.327 e. The molecule has 10 heteroatoms. The van der Waals surface area contributed by atoms with E-state index in [9.17, 15) is 23.9 Å². The van der Waals surface area contributed by atoms with E-state index in [0.29, 0.717) is 0 Å². The van der Waals surface area contributed by atoms with Crippen LogP contribution in [0, 0.1) is 5.82 Å². The Labute approximate surface area is 151 Å². The number of rotatable bonds is 5. The van der Waals surface area contributed by atoms with Crippen LogP contribution in [0.5, 0.6) is 0 Å². The van der Waals surface area contributed by atoms with Crippen LogP contribution in [0.3, 0.4) is 0 Å². The van der Waals surface area contributed by atoms with Crippen molar-refractivity contribution in [3.63, 3.8) is 0 Å². The first-order chi connectivity index (χ1) is 12.5. The van der Waals surface area contributed by atoms with Crippen molar-refractivity contribution in [2.75, 3.05) is 12.3 Å². The summed E-state index contributed by atoms with van der Waals surface area (Å²) < 4.78 is 14.1. The molecule has 3 N–H and O–H groups in total. The molecule has 2 aromatic rings. The third-order valence-corrected chi connectivity index (χ3v) is 5.16. The SMILES string of the molecule is O=C(NCC(=O)N1[C@@H](c2ccccc2F)SC[C@H]1C(=O)O)c1ncc[nH]1. The number of aromatic amines is 1. The Morgan fingerprint density at radius 1 is 1.38 bits per heavy atom. The molecule has 0 aliphatic carbocycles. The molecule has 0 saturated carbocycles. The summed E-state index contributed by atoms with van der Waals surface area (Å²) in [5.41, 5.74) is 0.229. The van der Waals surface area contributed by atoms with Crippen LogP contribution in [0.1, 0.15) is 21.6 Å². The van der Waals surface area contributed by atoms with Gasteiger partial charge in [0.2, 0.25) is 5.91 Å². The molecule has 1 fully saturated rings. The fraction of sp³-hybridized carbons (Fsp3) is 0.250. The van der Waals surface area contributed by atoms with Gasteiger partial charge in [0.15, 0.2) is 5.82 Å². The lowest BCUT2D eigenvalue weighted by Gasteiger charge is -2.28. The molecular formula is C16H15FN4O4S. The first kappa shape index (κ1) is 17.9. The van der Waals surface area contributed by atoms with Gasteiger partial charge in [-0.2, -0.15) is 0 Å². The highest BCUT2D eigenvalue weighted by Crippen LogP contribution is 2.42. The normalized spacial score (nSPS) is 19.3. The zero-order valence-corrected chi connectivity index (χ0v) is 14.2. The Morgan fingerprint density at radius 3 is 2.81 bits per heavy atom. The van der Waals surface area contributed by atoms with Crippen LogP contribution in [-0.4, -0.2) is 56.1 Å². The van der Waals surface area contributed by atoms with E-state index in [1.54, 1.807) is 6.07 Å². The molecule has 136 valence electrons. The van der Waals surface area contributed by atoms with E-state index in [2.05, 4.69) is 15.3 Å². The molecule has 1 saturated heterocycles. The summed E-state index contributed by atoms with van der Waals surface area (Å²) in [5.74, 6) is -2.74. The highest BCUT2D eigenvalue weighted by atomic mass is 32.2. The zero-order chi connectivity index (χ0) is 18.7. The van der Waals surface area contributed by atoms with Gasteiger partial charge in [0, 0.05) is 23.7 Å². The minimum atomic E-state index is -1.18. The lowest BCUT2D eigenvalue weighted by atomic mass is 10.1. The van der Waals surface area contributed by atoms with Crippen molar-refractivity contribution in [3.05, 3.63) is 53.9 Å². The Kier molecular flexibility index (Phi) is 5.21. The van der Waals surface area contributed by atoms with Crippen LogP contribution in [0.15, 0.2) is 36.7 Å². The number of imidazole rings is 1. The highest BCUT2D eigenvalue weighted by molar-refractivity contribution is 7.99. The summed E-state index contributed by atoms with van der Waals surface area (Å²) in [4.78, 5) is 43.5. The minimum absolute atomic E-state index is 0.0361. The van der Waals surface area contributed by atoms with Gasteiger partial charge in [0.05, 0.1) is 6.54 Å². The molecule has 1 aliphatic rings. The summed E-state index contributed by atoms with van der Waals surface area (Å²) in [5, 5.41) is 11.0. The van der Waals surface area contributed by atoms with Crippen molar-refractivity contribution in [1.82, 2.24) is 20.2 Å². The molecule has 2 atom stereocenters. The predicted octanol–water partition coefficient (Wildman–Crippen LogP) is 1.01. The fourth-order valence-corrected chi connectivity index (χ4v) is 4.10. The smallest absolute Gasteiger partial charge is 0.327 e. The van der Waals surface area contributed by atoms with Gasteiger partial charge in [-0.15, -0.1) is 11.8 Å². The number of halogens is 1. The number of carboxylic acid groups (broad SMARTS) is 1. The average molecular weight is 378 g/mol. The van der Waals surface area contributed by atoms with Crippen molar-refractivity contribution in [1.29, 1.82) is 0 Å². The first-order valence-electron chi connectivity index (χ1n) is 7.66. The first-order valence-corrected chi connectivity index (χ1v) is 8.71. The Hall–Kier alpha value is -2.88. The standard InChI is InChI=1S/C16H15FN4O4S/c17-10-4-2-1-3-9(10)15-21(11(8-26-15)16(24)25)12(22)7-20-14(23)13-18-5-6-19-13/h1-6,11,15H,7-8H2,(H,18,19)(H,20,23)(H,24,25)/t11-,15+/m0/s1. The number of thioether (sulfide) groups is 1. The number of benzene rings is 1. The summed E-state index contributed by atoms with van der Waals surface area (Å²) in [6, 6.07) is 4.80. The Balaban J connectivity index is 1.78. The molecule has 1 aromatic carbocycles. The number of H-pyrrole nitrogens is 1. The fourth-order valence-electron chi connectivity index (χ4n) is 2.64. The number of amides is 2. The number of nitrogens with one attached hydrogen (secondary N) is 2. The number of carbonyl (C=O) groups is 3. The molecule has 2 amide bonds. The third kappa shape index (κ3) is 3.54. The lowest BCUT2D eigenvalue weighted by Crippen LogP contribution is -2.47. The van der Waals surface area contributed by atoms with Crippen molar-refractivity contribution in [3.8, 4) is 0 Å². The largest absolute Gasteiger partial charge is 0.480 e. The number of aliphatic carboxylic acids is 1. The van der Waals surface area contributed by atoms with E-state index in [4.69, 9.17) is 0 Å². The van der Waals surface area contributed by atoms with E-state index in [-0.39, 0.29) is 17.1 Å². The molecule has 3 rings (SSSR count). The molecule has 1 aromatic heterocycles. The van der Waals surface area contributed by atoms with Crippen LogP contribution in [0.25, 0.3) is 0 Å². The van der Waals surface area contributed by atoms with Crippen molar-refractivity contribution < 1.29 is 23.9 Å². The maximum absolute atomic E-state index is 14.1. The highest BCUT2D eigenvalue weighted by Gasteiger charge is 2.43. The molecular weight excluding hydrogens is 363 g/mol. The van der Waals surface area contributed by atoms with E-state index in [1.165, 1.54) is 42.4 Å². The number of carbonyl (C=O) groups excluding carboxylic acids is 2. The maximum atomic E-state index is 14.1. The number of hydrogen-bond acceptors (Lipinski definition) is 5. The zero-order valence-electron chi connectivity index (χ0n) is 13.4. The topological polar surface area (TPSA) is 115 Å². The number of carboxylic acids is 1. The van der Waals surface area contributed by atoms with E-state index in [0.717, 1.165) is 4.90 Å². The van der Waals surface area contributed by atoms with Crippen LogP contribution in [0.4, 0.5) is 4.39 Å². The molecule has 1 aliphatic heterocycles. The van der Waals surface area contributed by atoms with Gasteiger partial charge >= 0.3 is 5.97 Å². The van der Waals surface area contributed by atoms with Crippen LogP contribution in [0.2, 0.25) is 0 Å². The number of nitrogens with zero attached hydrogens (tertiary/aromatic N) is 2. The van der Waals surface area contributed by atoms with Crippen LogP contribution < -0.4 is 5.32 Å². The molecule has 0 unspecified atom stereocenters. The molecule has 26 heavy (non-hydrogen) atoms. The van der Waals surface area contributed by atoms with Crippen molar-refractivity contribution in [2.24, 2.45) is 0 Å². The second-order valence-electron chi connectivity index (χ2n) is 5.48. The summed E-state index contributed by atoms with van der Waals surface area (Å²) in [7, 11) is 0. The molecule has 0 spiro atoms. The van der Waals surface area contributed by atoms with Crippen LogP contribution in [-0.2, 0) is 9.59 Å². The molecule has 8 nitrogen and oxygen atoms in total. The Morgan fingerprint density at radius 2 is 2.15 bits per heavy atom. The summed E-state index contributed by atoms with van der Waals surface area (Å²) in [6.07, 6.45) is 2.85. The lowest BCUT2D eigenvalue weighted by molar-refractivity contribution is -0.148. The quantitative estimate of drug-likeness (QED) is 0.715. The van der Waals surface area contributed by atoms with Gasteiger partial charge < -0.3 is 20.3 Å². The average Bonchev–Trinajstić information content (AvgIpc) is 3.29. The second kappa shape index (κ2) is 7.56. The second-order valence-corrected chi connectivity index (χ2v) is 6.60. The Bertz CT molecular complexity index is 829. The van der Waals surface area contributed by atoms with Crippen LogP contribution >= 0.6 is 11.8 Å². The van der Waals surface area contributed by atoms with E-state index in [1.807, 2.05) is 0 Å². The van der Waals surface area contributed by atoms with Crippen molar-refractivity contribution >= 4 is 29.5 Å². The van der Waals surface area contributed by atoms with Gasteiger partial charge in [0.1, 0.15) is 17.2 Å². The van der Waals surface area contributed by atoms with E-state index >= 15 is 0 Å². The summed E-state index contributed by atoms with van der Waals surface area (Å²) in [6.45, 7) is -0.422. The molecule has 0 radical (unpaired) electrons.